The molecule has 0 spiro atoms. The molecule has 31 heavy (non-hydrogen) atoms. The lowest BCUT2D eigenvalue weighted by molar-refractivity contribution is -0.122. The Morgan fingerprint density at radius 1 is 1.26 bits per heavy atom. The number of nitrogens with one attached hydrogen (secondary N) is 1. The van der Waals surface area contributed by atoms with E-state index in [9.17, 15) is 9.59 Å². The highest BCUT2D eigenvalue weighted by molar-refractivity contribution is 6.06. The number of hydrogen-bond acceptors (Lipinski definition) is 6. The summed E-state index contributed by atoms with van der Waals surface area (Å²) >= 11 is 0. The number of para-hydroxylation sites is 1. The van der Waals surface area contributed by atoms with Crippen LogP contribution in [0.25, 0.3) is 21.9 Å². The van der Waals surface area contributed by atoms with Crippen molar-refractivity contribution in [1.82, 2.24) is 29.6 Å². The molecule has 0 saturated heterocycles. The number of hydrogen-bond donors (Lipinski definition) is 1. The molecule has 1 aliphatic carbocycles. The van der Waals surface area contributed by atoms with E-state index >= 15 is 0 Å². The van der Waals surface area contributed by atoms with E-state index in [1.807, 2.05) is 31.2 Å². The fraction of sp³-hybridized carbons (Fsp3) is 0.409. The molecule has 0 bridgehead atoms. The van der Waals surface area contributed by atoms with Crippen molar-refractivity contribution in [3.63, 3.8) is 0 Å². The summed E-state index contributed by atoms with van der Waals surface area (Å²) in [5.41, 5.74) is 1.56. The number of aromatic nitrogens is 5. The fourth-order valence-corrected chi connectivity index (χ4v) is 4.36. The number of fused-ring (bicyclic) bond motifs is 3. The lowest BCUT2D eigenvalue weighted by Gasteiger charge is -2.13. The maximum Gasteiger partial charge on any atom is 0.278 e. The number of aryl methyl sites for hydroxylation is 1. The van der Waals surface area contributed by atoms with Gasteiger partial charge in [-0.1, -0.05) is 43.1 Å². The van der Waals surface area contributed by atoms with Crippen molar-refractivity contribution in [1.29, 1.82) is 0 Å². The van der Waals surface area contributed by atoms with Gasteiger partial charge in [0.05, 0.1) is 11.8 Å². The quantitative estimate of drug-likeness (QED) is 0.513. The van der Waals surface area contributed by atoms with Gasteiger partial charge in [0.1, 0.15) is 24.1 Å². The van der Waals surface area contributed by atoms with E-state index in [-0.39, 0.29) is 30.6 Å². The highest BCUT2D eigenvalue weighted by Crippen LogP contribution is 2.25. The highest BCUT2D eigenvalue weighted by atomic mass is 16.5. The van der Waals surface area contributed by atoms with Crippen molar-refractivity contribution in [2.45, 2.75) is 58.2 Å². The van der Waals surface area contributed by atoms with Crippen molar-refractivity contribution in [2.75, 3.05) is 0 Å². The molecule has 3 heterocycles. The maximum absolute atomic E-state index is 13.4. The predicted octanol–water partition coefficient (Wildman–Crippen LogP) is 2.40. The lowest BCUT2D eigenvalue weighted by atomic mass is 10.2. The normalized spacial score (nSPS) is 14.6. The molecule has 1 fully saturated rings. The number of carbonyl (C=O) groups excluding carboxylic acids is 1. The van der Waals surface area contributed by atoms with Crippen molar-refractivity contribution in [2.24, 2.45) is 0 Å². The van der Waals surface area contributed by atoms with Gasteiger partial charge in [0.25, 0.3) is 5.56 Å². The summed E-state index contributed by atoms with van der Waals surface area (Å²) in [6, 6.07) is 7.86. The second-order valence-corrected chi connectivity index (χ2v) is 7.98. The Kier molecular flexibility index (Phi) is 5.01. The number of nitrogens with zero attached hydrogens (tertiary/aromatic N) is 5. The molecule has 0 aliphatic heterocycles. The van der Waals surface area contributed by atoms with Crippen LogP contribution in [0.15, 0.2) is 39.9 Å². The Balaban J connectivity index is 1.56. The first kappa shape index (κ1) is 19.5. The molecule has 160 valence electrons. The average Bonchev–Trinajstić information content (AvgIpc) is 3.51. The molecule has 1 amide bonds. The fourth-order valence-electron chi connectivity index (χ4n) is 4.36. The van der Waals surface area contributed by atoms with E-state index < -0.39 is 0 Å². The topological polar surface area (TPSA) is 108 Å². The van der Waals surface area contributed by atoms with Gasteiger partial charge in [-0.3, -0.25) is 14.2 Å². The minimum Gasteiger partial charge on any atom is -0.352 e. The average molecular weight is 420 g/mol. The monoisotopic (exact) mass is 420 g/mol. The summed E-state index contributed by atoms with van der Waals surface area (Å²) in [6.07, 6.45) is 6.46. The van der Waals surface area contributed by atoms with Gasteiger partial charge in [-0.2, -0.15) is 4.98 Å². The lowest BCUT2D eigenvalue weighted by Crippen LogP contribution is -2.35. The third kappa shape index (κ3) is 3.60. The zero-order valence-electron chi connectivity index (χ0n) is 17.4. The molecule has 0 unspecified atom stereocenters. The van der Waals surface area contributed by atoms with Crippen LogP contribution in [0, 0.1) is 0 Å². The Morgan fingerprint density at radius 3 is 2.84 bits per heavy atom. The summed E-state index contributed by atoms with van der Waals surface area (Å²) in [4.78, 5) is 35.0. The van der Waals surface area contributed by atoms with E-state index in [4.69, 9.17) is 4.52 Å². The van der Waals surface area contributed by atoms with Gasteiger partial charge < -0.3 is 14.4 Å². The summed E-state index contributed by atoms with van der Waals surface area (Å²) in [7, 11) is 0. The van der Waals surface area contributed by atoms with Gasteiger partial charge in [-0.05, 0) is 18.9 Å². The van der Waals surface area contributed by atoms with Crippen LogP contribution in [0.2, 0.25) is 0 Å². The van der Waals surface area contributed by atoms with Gasteiger partial charge in [0.2, 0.25) is 11.8 Å². The molecule has 5 rings (SSSR count). The predicted molar refractivity (Wildman–Crippen MR) is 115 cm³/mol. The number of benzene rings is 1. The second-order valence-electron chi connectivity index (χ2n) is 7.98. The number of rotatable bonds is 6. The van der Waals surface area contributed by atoms with Crippen molar-refractivity contribution in [3.05, 3.63) is 52.7 Å². The first-order chi connectivity index (χ1) is 15.1. The first-order valence-electron chi connectivity index (χ1n) is 10.7. The van der Waals surface area contributed by atoms with Crippen LogP contribution >= 0.6 is 0 Å². The van der Waals surface area contributed by atoms with Crippen LogP contribution < -0.4 is 10.9 Å². The molecule has 4 aromatic rings. The number of amides is 1. The largest absolute Gasteiger partial charge is 0.352 e. The third-order valence-electron chi connectivity index (χ3n) is 5.89. The molecule has 1 saturated carbocycles. The Hall–Kier alpha value is -3.49. The highest BCUT2D eigenvalue weighted by Gasteiger charge is 2.21. The summed E-state index contributed by atoms with van der Waals surface area (Å²) in [6.45, 7) is 2.13. The first-order valence-corrected chi connectivity index (χ1v) is 10.7. The minimum absolute atomic E-state index is 0.0714. The second kappa shape index (κ2) is 7.98. The standard InChI is InChI=1S/C22H24N6O3/c1-2-17-25-19(31-26-17)12-27-13-23-20-15-9-5-6-10-16(15)28(21(20)22(27)30)11-18(29)24-14-7-3-4-8-14/h5-6,9-10,13-14H,2-4,7-8,11-12H2,1H3,(H,24,29). The van der Waals surface area contributed by atoms with Gasteiger partial charge in [-0.25, -0.2) is 4.98 Å². The van der Waals surface area contributed by atoms with E-state index in [2.05, 4.69) is 20.4 Å². The molecule has 3 aromatic heterocycles. The van der Waals surface area contributed by atoms with Crippen molar-refractivity contribution in [3.8, 4) is 0 Å². The Bertz CT molecular complexity index is 1310. The molecule has 9 nitrogen and oxygen atoms in total. The van der Waals surface area contributed by atoms with E-state index in [0.717, 1.165) is 36.6 Å². The molecule has 1 aromatic carbocycles. The maximum atomic E-state index is 13.4. The van der Waals surface area contributed by atoms with Gasteiger partial charge in [0.15, 0.2) is 5.82 Å². The van der Waals surface area contributed by atoms with Gasteiger partial charge in [-0.15, -0.1) is 0 Å². The molecule has 9 heteroatoms. The SMILES string of the molecule is CCc1noc(Cn2cnc3c4ccccc4n(CC(=O)NC4CCCC4)c3c2=O)n1. The van der Waals surface area contributed by atoms with Crippen LogP contribution in [-0.4, -0.2) is 36.2 Å². The zero-order valence-corrected chi connectivity index (χ0v) is 17.4. The molecular weight excluding hydrogens is 396 g/mol. The molecular formula is C22H24N6O3. The Morgan fingerprint density at radius 2 is 2.06 bits per heavy atom. The molecule has 0 radical (unpaired) electrons. The van der Waals surface area contributed by atoms with Crippen LogP contribution in [0.5, 0.6) is 0 Å². The molecule has 1 aliphatic rings. The summed E-state index contributed by atoms with van der Waals surface area (Å²) < 4.78 is 8.45. The molecule has 0 atom stereocenters. The van der Waals surface area contributed by atoms with Crippen LogP contribution in [0.1, 0.15) is 44.3 Å². The van der Waals surface area contributed by atoms with Gasteiger partial charge >= 0.3 is 0 Å². The molecule has 1 N–H and O–H groups in total. The van der Waals surface area contributed by atoms with Gasteiger partial charge in [0, 0.05) is 17.8 Å². The minimum atomic E-state index is -0.244. The zero-order chi connectivity index (χ0) is 21.4. The van der Waals surface area contributed by atoms with E-state index in [1.165, 1.54) is 10.9 Å². The summed E-state index contributed by atoms with van der Waals surface area (Å²) in [5.74, 6) is 0.852. The number of carbonyl (C=O) groups is 1. The van der Waals surface area contributed by atoms with Crippen molar-refractivity contribution < 1.29 is 9.32 Å². The van der Waals surface area contributed by atoms with Crippen LogP contribution in [0.4, 0.5) is 0 Å². The summed E-state index contributed by atoms with van der Waals surface area (Å²) in [5, 5.41) is 7.84. The van der Waals surface area contributed by atoms with Crippen LogP contribution in [-0.2, 0) is 24.3 Å². The van der Waals surface area contributed by atoms with Crippen LogP contribution in [0.3, 0.4) is 0 Å². The van der Waals surface area contributed by atoms with E-state index in [1.54, 1.807) is 4.57 Å². The Labute approximate surface area is 178 Å². The van der Waals surface area contributed by atoms with E-state index in [0.29, 0.717) is 29.2 Å². The third-order valence-corrected chi connectivity index (χ3v) is 5.89. The smallest absolute Gasteiger partial charge is 0.278 e. The van der Waals surface area contributed by atoms with Crippen molar-refractivity contribution >= 4 is 27.8 Å².